The van der Waals surface area contributed by atoms with Gasteiger partial charge >= 0.3 is 0 Å². The number of hydrazine groups is 1. The Labute approximate surface area is 117 Å². The maximum absolute atomic E-state index is 5.42. The van der Waals surface area contributed by atoms with Gasteiger partial charge in [0.15, 0.2) is 0 Å². The lowest BCUT2D eigenvalue weighted by Crippen LogP contribution is -2.20. The largest absolute Gasteiger partial charge is 0.367 e. The molecule has 102 valence electrons. The molecule has 0 aliphatic rings. The Hall–Kier alpha value is -1.66. The number of nitrogen functional groups attached to an aromatic ring is 1. The lowest BCUT2D eigenvalue weighted by atomic mass is 10.1. The van der Waals surface area contributed by atoms with Crippen molar-refractivity contribution in [2.75, 3.05) is 10.7 Å². The van der Waals surface area contributed by atoms with Gasteiger partial charge in [-0.05, 0) is 35.7 Å². The Kier molecular flexibility index (Phi) is 4.70. The fourth-order valence-corrected chi connectivity index (χ4v) is 2.55. The molecule has 5 nitrogen and oxygen atoms in total. The van der Waals surface area contributed by atoms with Gasteiger partial charge in [0.05, 0.1) is 0 Å². The van der Waals surface area contributed by atoms with Crippen molar-refractivity contribution in [3.05, 3.63) is 34.3 Å². The standard InChI is InChI=1S/C13H19N5S/c1-3-11-16-12(7-13(17-11)18-14)15-9(2)6-10-4-5-19-8-10/h4-5,7-9H,3,6,14H2,1-2H3,(H2,15,16,17,18). The summed E-state index contributed by atoms with van der Waals surface area (Å²) >= 11 is 1.72. The smallest absolute Gasteiger partial charge is 0.145 e. The molecule has 0 bridgehead atoms. The van der Waals surface area contributed by atoms with Crippen molar-refractivity contribution in [3.63, 3.8) is 0 Å². The van der Waals surface area contributed by atoms with Crippen molar-refractivity contribution < 1.29 is 0 Å². The first-order valence-corrected chi connectivity index (χ1v) is 7.27. The number of hydrogen-bond acceptors (Lipinski definition) is 6. The molecule has 6 heteroatoms. The minimum Gasteiger partial charge on any atom is -0.367 e. The molecular weight excluding hydrogens is 258 g/mol. The third-order valence-corrected chi connectivity index (χ3v) is 3.48. The second-order valence-electron chi connectivity index (χ2n) is 4.43. The van der Waals surface area contributed by atoms with Crippen LogP contribution in [0.4, 0.5) is 11.6 Å². The summed E-state index contributed by atoms with van der Waals surface area (Å²) < 4.78 is 0. The Morgan fingerprint density at radius 2 is 2.16 bits per heavy atom. The highest BCUT2D eigenvalue weighted by Crippen LogP contribution is 2.14. The molecule has 0 spiro atoms. The van der Waals surface area contributed by atoms with Crippen LogP contribution in [-0.4, -0.2) is 16.0 Å². The molecule has 4 N–H and O–H groups in total. The van der Waals surface area contributed by atoms with E-state index in [0.717, 1.165) is 24.5 Å². The van der Waals surface area contributed by atoms with Crippen molar-refractivity contribution in [1.29, 1.82) is 0 Å². The van der Waals surface area contributed by atoms with Crippen LogP contribution in [0.3, 0.4) is 0 Å². The molecule has 0 radical (unpaired) electrons. The highest BCUT2D eigenvalue weighted by Gasteiger charge is 2.07. The van der Waals surface area contributed by atoms with Gasteiger partial charge < -0.3 is 10.7 Å². The highest BCUT2D eigenvalue weighted by molar-refractivity contribution is 7.07. The molecule has 1 atom stereocenters. The Bertz CT molecular complexity index is 490. The van der Waals surface area contributed by atoms with Gasteiger partial charge in [0.2, 0.25) is 0 Å². The van der Waals surface area contributed by atoms with E-state index in [2.05, 4.69) is 44.5 Å². The molecule has 19 heavy (non-hydrogen) atoms. The molecule has 0 amide bonds. The van der Waals surface area contributed by atoms with Crippen LogP contribution >= 0.6 is 11.3 Å². The summed E-state index contributed by atoms with van der Waals surface area (Å²) in [5.74, 6) is 7.64. The van der Waals surface area contributed by atoms with E-state index in [1.165, 1.54) is 5.56 Å². The quantitative estimate of drug-likeness (QED) is 0.558. The van der Waals surface area contributed by atoms with Crippen molar-refractivity contribution in [3.8, 4) is 0 Å². The topological polar surface area (TPSA) is 75.9 Å². The SMILES string of the molecule is CCc1nc(NN)cc(NC(C)Cc2ccsc2)n1. The fourth-order valence-electron chi connectivity index (χ4n) is 1.87. The summed E-state index contributed by atoms with van der Waals surface area (Å²) in [6.07, 6.45) is 1.75. The van der Waals surface area contributed by atoms with Crippen LogP contribution in [0.5, 0.6) is 0 Å². The molecule has 1 unspecified atom stereocenters. The molecule has 0 fully saturated rings. The van der Waals surface area contributed by atoms with Gasteiger partial charge in [0.1, 0.15) is 17.5 Å². The lowest BCUT2D eigenvalue weighted by Gasteiger charge is -2.15. The summed E-state index contributed by atoms with van der Waals surface area (Å²) in [6.45, 7) is 4.16. The molecule has 0 saturated carbocycles. The first kappa shape index (κ1) is 13.8. The minimum atomic E-state index is 0.305. The molecule has 0 saturated heterocycles. The zero-order valence-corrected chi connectivity index (χ0v) is 12.0. The Balaban J connectivity index is 2.05. The predicted octanol–water partition coefficient (Wildman–Crippen LogP) is 2.43. The molecule has 2 rings (SSSR count). The van der Waals surface area contributed by atoms with Crippen molar-refractivity contribution >= 4 is 23.0 Å². The average Bonchev–Trinajstić information content (AvgIpc) is 2.90. The average molecular weight is 277 g/mol. The van der Waals surface area contributed by atoms with Gasteiger partial charge in [-0.2, -0.15) is 11.3 Å². The Morgan fingerprint density at radius 1 is 1.37 bits per heavy atom. The van der Waals surface area contributed by atoms with Crippen LogP contribution < -0.4 is 16.6 Å². The summed E-state index contributed by atoms with van der Waals surface area (Å²) in [5, 5.41) is 7.65. The summed E-state index contributed by atoms with van der Waals surface area (Å²) in [7, 11) is 0. The normalized spacial score (nSPS) is 12.2. The second-order valence-corrected chi connectivity index (χ2v) is 5.21. The van der Waals surface area contributed by atoms with Gasteiger partial charge in [-0.15, -0.1) is 0 Å². The van der Waals surface area contributed by atoms with Crippen LogP contribution in [-0.2, 0) is 12.8 Å². The van der Waals surface area contributed by atoms with E-state index in [-0.39, 0.29) is 0 Å². The van der Waals surface area contributed by atoms with Gasteiger partial charge in [-0.3, -0.25) is 0 Å². The van der Waals surface area contributed by atoms with E-state index in [0.29, 0.717) is 11.9 Å². The number of hydrogen-bond donors (Lipinski definition) is 3. The highest BCUT2D eigenvalue weighted by atomic mass is 32.1. The molecule has 2 heterocycles. The van der Waals surface area contributed by atoms with Crippen molar-refractivity contribution in [2.45, 2.75) is 32.7 Å². The number of anilines is 2. The zero-order valence-electron chi connectivity index (χ0n) is 11.2. The lowest BCUT2D eigenvalue weighted by molar-refractivity contribution is 0.782. The minimum absolute atomic E-state index is 0.305. The summed E-state index contributed by atoms with van der Waals surface area (Å²) in [5.41, 5.74) is 3.91. The number of rotatable bonds is 6. The number of aryl methyl sites for hydroxylation is 1. The number of nitrogens with one attached hydrogen (secondary N) is 2. The van der Waals surface area contributed by atoms with Gasteiger partial charge in [-0.1, -0.05) is 6.92 Å². The van der Waals surface area contributed by atoms with E-state index in [1.54, 1.807) is 11.3 Å². The van der Waals surface area contributed by atoms with Crippen LogP contribution in [0.15, 0.2) is 22.9 Å². The van der Waals surface area contributed by atoms with Gasteiger partial charge in [0.25, 0.3) is 0 Å². The molecule has 2 aromatic heterocycles. The molecule has 0 aliphatic carbocycles. The molecular formula is C13H19N5S. The fraction of sp³-hybridized carbons (Fsp3) is 0.385. The van der Waals surface area contributed by atoms with Crippen LogP contribution in [0.25, 0.3) is 0 Å². The van der Waals surface area contributed by atoms with E-state index >= 15 is 0 Å². The summed E-state index contributed by atoms with van der Waals surface area (Å²) in [6, 6.07) is 4.27. The molecule has 2 aromatic rings. The van der Waals surface area contributed by atoms with Crippen LogP contribution in [0.1, 0.15) is 25.2 Å². The van der Waals surface area contributed by atoms with Gasteiger partial charge in [-0.25, -0.2) is 15.8 Å². The molecule has 0 aliphatic heterocycles. The maximum atomic E-state index is 5.42. The van der Waals surface area contributed by atoms with Crippen molar-refractivity contribution in [2.24, 2.45) is 5.84 Å². The van der Waals surface area contributed by atoms with E-state index < -0.39 is 0 Å². The number of thiophene rings is 1. The zero-order chi connectivity index (χ0) is 13.7. The number of aromatic nitrogens is 2. The first-order chi connectivity index (χ1) is 9.21. The van der Waals surface area contributed by atoms with E-state index in [9.17, 15) is 0 Å². The number of nitrogens with zero attached hydrogens (tertiary/aromatic N) is 2. The third-order valence-electron chi connectivity index (χ3n) is 2.75. The Morgan fingerprint density at radius 3 is 2.79 bits per heavy atom. The maximum Gasteiger partial charge on any atom is 0.145 e. The van der Waals surface area contributed by atoms with E-state index in [4.69, 9.17) is 5.84 Å². The predicted molar refractivity (Wildman–Crippen MR) is 80.3 cm³/mol. The third kappa shape index (κ3) is 3.90. The molecule has 0 aromatic carbocycles. The van der Waals surface area contributed by atoms with Gasteiger partial charge in [0, 0.05) is 18.5 Å². The monoisotopic (exact) mass is 277 g/mol. The van der Waals surface area contributed by atoms with E-state index in [1.807, 2.05) is 13.0 Å². The summed E-state index contributed by atoms with van der Waals surface area (Å²) in [4.78, 5) is 8.72. The first-order valence-electron chi connectivity index (χ1n) is 6.33. The second kappa shape index (κ2) is 6.49. The van der Waals surface area contributed by atoms with Crippen LogP contribution in [0, 0.1) is 0 Å². The number of nitrogens with two attached hydrogens (primary N) is 1. The van der Waals surface area contributed by atoms with Crippen LogP contribution in [0.2, 0.25) is 0 Å². The van der Waals surface area contributed by atoms with Crippen molar-refractivity contribution in [1.82, 2.24) is 9.97 Å².